The van der Waals surface area contributed by atoms with E-state index in [1.807, 2.05) is 35.9 Å². The second-order valence-electron chi connectivity index (χ2n) is 4.38. The number of aryl methyl sites for hydroxylation is 1. The predicted molar refractivity (Wildman–Crippen MR) is 82.6 cm³/mol. The summed E-state index contributed by atoms with van der Waals surface area (Å²) in [4.78, 5) is 8.76. The molecule has 1 aromatic carbocycles. The molecule has 19 heavy (non-hydrogen) atoms. The SMILES string of the molecule is Cn1cncc1-c1cc(CO)c2cc(I)ccc2n1. The van der Waals surface area contributed by atoms with Crippen LogP contribution in [0, 0.1) is 3.57 Å². The molecule has 2 heterocycles. The molecule has 2 aromatic heterocycles. The van der Waals surface area contributed by atoms with E-state index in [9.17, 15) is 5.11 Å². The Balaban J connectivity index is 2.29. The molecule has 0 radical (unpaired) electrons. The van der Waals surface area contributed by atoms with Crippen molar-refractivity contribution in [2.24, 2.45) is 7.05 Å². The fourth-order valence-corrected chi connectivity index (χ4v) is 2.63. The molecular weight excluding hydrogens is 353 g/mol. The summed E-state index contributed by atoms with van der Waals surface area (Å²) < 4.78 is 3.05. The molecule has 0 unspecified atom stereocenters. The largest absolute Gasteiger partial charge is 0.392 e. The molecule has 1 N–H and O–H groups in total. The van der Waals surface area contributed by atoms with Crippen molar-refractivity contribution in [3.8, 4) is 11.4 Å². The first-order valence-electron chi connectivity index (χ1n) is 5.86. The zero-order valence-electron chi connectivity index (χ0n) is 10.3. The van der Waals surface area contributed by atoms with Crippen LogP contribution in [-0.2, 0) is 13.7 Å². The Labute approximate surface area is 124 Å². The minimum Gasteiger partial charge on any atom is -0.392 e. The lowest BCUT2D eigenvalue weighted by Gasteiger charge is -2.08. The van der Waals surface area contributed by atoms with Gasteiger partial charge in [-0.2, -0.15) is 0 Å². The molecule has 0 saturated carbocycles. The van der Waals surface area contributed by atoms with Crippen LogP contribution in [0.4, 0.5) is 0 Å². The van der Waals surface area contributed by atoms with Crippen molar-refractivity contribution in [2.45, 2.75) is 6.61 Å². The highest BCUT2D eigenvalue weighted by atomic mass is 127. The fraction of sp³-hybridized carbons (Fsp3) is 0.143. The van der Waals surface area contributed by atoms with Gasteiger partial charge >= 0.3 is 0 Å². The Bertz CT molecular complexity index is 752. The van der Waals surface area contributed by atoms with Crippen LogP contribution in [0.25, 0.3) is 22.3 Å². The Kier molecular flexibility index (Phi) is 3.24. The third-order valence-corrected chi connectivity index (χ3v) is 3.78. The molecule has 0 aliphatic carbocycles. The van der Waals surface area contributed by atoms with Gasteiger partial charge in [0.1, 0.15) is 0 Å². The lowest BCUT2D eigenvalue weighted by molar-refractivity contribution is 0.283. The molecule has 5 heteroatoms. The summed E-state index contributed by atoms with van der Waals surface area (Å²) in [6.45, 7) is 0.00393. The zero-order chi connectivity index (χ0) is 13.4. The highest BCUT2D eigenvalue weighted by Crippen LogP contribution is 2.25. The van der Waals surface area contributed by atoms with Crippen LogP contribution < -0.4 is 0 Å². The number of aromatic nitrogens is 3. The van der Waals surface area contributed by atoms with Gasteiger partial charge < -0.3 is 9.67 Å². The maximum absolute atomic E-state index is 9.57. The number of fused-ring (bicyclic) bond motifs is 1. The predicted octanol–water partition coefficient (Wildman–Crippen LogP) is 2.73. The minimum absolute atomic E-state index is 0.00393. The Morgan fingerprint density at radius 3 is 2.84 bits per heavy atom. The van der Waals surface area contributed by atoms with Crippen LogP contribution in [0.3, 0.4) is 0 Å². The third kappa shape index (κ3) is 2.23. The quantitative estimate of drug-likeness (QED) is 0.711. The number of rotatable bonds is 2. The number of aliphatic hydroxyl groups is 1. The van der Waals surface area contributed by atoms with Gasteiger partial charge in [-0.25, -0.2) is 9.97 Å². The highest BCUT2D eigenvalue weighted by Gasteiger charge is 2.09. The molecule has 0 atom stereocenters. The molecule has 0 fully saturated rings. The van der Waals surface area contributed by atoms with Gasteiger partial charge in [-0.3, -0.25) is 0 Å². The first-order chi connectivity index (χ1) is 9.19. The second kappa shape index (κ2) is 4.90. The Morgan fingerprint density at radius 1 is 1.32 bits per heavy atom. The van der Waals surface area contributed by atoms with Crippen LogP contribution >= 0.6 is 22.6 Å². The average molecular weight is 365 g/mol. The molecular formula is C14H12IN3O. The van der Waals surface area contributed by atoms with Gasteiger partial charge in [0.25, 0.3) is 0 Å². The molecule has 0 spiro atoms. The maximum atomic E-state index is 9.57. The third-order valence-electron chi connectivity index (χ3n) is 3.11. The second-order valence-corrected chi connectivity index (χ2v) is 5.62. The topological polar surface area (TPSA) is 50.9 Å². The van der Waals surface area contributed by atoms with E-state index in [4.69, 9.17) is 0 Å². The first kappa shape index (κ1) is 12.6. The first-order valence-corrected chi connectivity index (χ1v) is 6.93. The highest BCUT2D eigenvalue weighted by molar-refractivity contribution is 14.1. The molecule has 0 aliphatic heterocycles. The average Bonchev–Trinajstić information content (AvgIpc) is 2.84. The van der Waals surface area contributed by atoms with Crippen LogP contribution in [0.1, 0.15) is 5.56 Å². The summed E-state index contributed by atoms with van der Waals surface area (Å²) >= 11 is 2.26. The van der Waals surface area contributed by atoms with Crippen molar-refractivity contribution in [3.63, 3.8) is 0 Å². The van der Waals surface area contributed by atoms with Crippen molar-refractivity contribution in [1.82, 2.24) is 14.5 Å². The molecule has 0 amide bonds. The van der Waals surface area contributed by atoms with Gasteiger partial charge in [-0.15, -0.1) is 0 Å². The fourth-order valence-electron chi connectivity index (χ4n) is 2.13. The van der Waals surface area contributed by atoms with E-state index in [2.05, 4.69) is 32.6 Å². The van der Waals surface area contributed by atoms with Crippen LogP contribution in [0.5, 0.6) is 0 Å². The Morgan fingerprint density at radius 2 is 2.16 bits per heavy atom. The maximum Gasteiger partial charge on any atom is 0.0948 e. The van der Waals surface area contributed by atoms with Gasteiger partial charge in [0.05, 0.1) is 36.0 Å². The van der Waals surface area contributed by atoms with Gasteiger partial charge in [0.15, 0.2) is 0 Å². The molecule has 96 valence electrons. The normalized spacial score (nSPS) is 11.1. The summed E-state index contributed by atoms with van der Waals surface area (Å²) in [6.07, 6.45) is 3.52. The van der Waals surface area contributed by atoms with Crippen molar-refractivity contribution in [3.05, 3.63) is 45.9 Å². The number of hydrogen-bond donors (Lipinski definition) is 1. The van der Waals surface area contributed by atoms with E-state index in [1.165, 1.54) is 0 Å². The number of halogens is 1. The van der Waals surface area contributed by atoms with E-state index in [0.717, 1.165) is 31.4 Å². The van der Waals surface area contributed by atoms with Crippen LogP contribution in [-0.4, -0.2) is 19.6 Å². The van der Waals surface area contributed by atoms with Gasteiger partial charge in [0.2, 0.25) is 0 Å². The van der Waals surface area contributed by atoms with E-state index in [0.29, 0.717) is 0 Å². The summed E-state index contributed by atoms with van der Waals surface area (Å²) in [5.74, 6) is 0. The standard InChI is InChI=1S/C14H12IN3O/c1-18-8-16-6-14(18)13-4-9(7-19)11-5-10(15)2-3-12(11)17-13/h2-6,8,19H,7H2,1H3. The van der Waals surface area contributed by atoms with Crippen LogP contribution in [0.2, 0.25) is 0 Å². The van der Waals surface area contributed by atoms with Gasteiger partial charge in [0, 0.05) is 16.0 Å². The van der Waals surface area contributed by atoms with Gasteiger partial charge in [-0.1, -0.05) is 0 Å². The minimum atomic E-state index is 0.00393. The number of pyridine rings is 1. The van der Waals surface area contributed by atoms with Crippen LogP contribution in [0.15, 0.2) is 36.8 Å². The van der Waals surface area contributed by atoms with E-state index >= 15 is 0 Å². The molecule has 0 aliphatic rings. The molecule has 4 nitrogen and oxygen atoms in total. The van der Waals surface area contributed by atoms with E-state index in [1.54, 1.807) is 12.5 Å². The van der Waals surface area contributed by atoms with Crippen molar-refractivity contribution >= 4 is 33.5 Å². The van der Waals surface area contributed by atoms with Gasteiger partial charge in [-0.05, 0) is 52.4 Å². The number of aliphatic hydroxyl groups excluding tert-OH is 1. The van der Waals surface area contributed by atoms with Crippen molar-refractivity contribution < 1.29 is 5.11 Å². The lowest BCUT2D eigenvalue weighted by Crippen LogP contribution is -1.96. The zero-order valence-corrected chi connectivity index (χ0v) is 12.5. The summed E-state index contributed by atoms with van der Waals surface area (Å²) in [7, 11) is 1.93. The molecule has 3 aromatic rings. The van der Waals surface area contributed by atoms with Crippen molar-refractivity contribution in [1.29, 1.82) is 0 Å². The lowest BCUT2D eigenvalue weighted by atomic mass is 10.1. The number of nitrogens with zero attached hydrogens (tertiary/aromatic N) is 3. The number of imidazole rings is 1. The summed E-state index contributed by atoms with van der Waals surface area (Å²) in [6, 6.07) is 7.97. The van der Waals surface area contributed by atoms with Crippen molar-refractivity contribution in [2.75, 3.05) is 0 Å². The summed E-state index contributed by atoms with van der Waals surface area (Å²) in [5.41, 5.74) is 3.55. The monoisotopic (exact) mass is 365 g/mol. The van der Waals surface area contributed by atoms with E-state index < -0.39 is 0 Å². The molecule has 0 bridgehead atoms. The smallest absolute Gasteiger partial charge is 0.0948 e. The summed E-state index contributed by atoms with van der Waals surface area (Å²) in [5, 5.41) is 10.6. The number of benzene rings is 1. The molecule has 3 rings (SSSR count). The number of hydrogen-bond acceptors (Lipinski definition) is 3. The molecule has 0 saturated heterocycles. The Hall–Kier alpha value is -1.47. The van der Waals surface area contributed by atoms with E-state index in [-0.39, 0.29) is 6.61 Å².